The summed E-state index contributed by atoms with van der Waals surface area (Å²) >= 11 is 0. The normalized spacial score (nSPS) is 12.9. The quantitative estimate of drug-likeness (QED) is 0.661. The van der Waals surface area contributed by atoms with Gasteiger partial charge < -0.3 is 9.30 Å². The number of fused-ring (bicyclic) bond motifs is 1. The van der Waals surface area contributed by atoms with Crippen LogP contribution in [0.4, 0.5) is 0 Å². The molecule has 7 heteroatoms. The Hall–Kier alpha value is -2.64. The smallest absolute Gasteiger partial charge is 0.328 e. The maximum Gasteiger partial charge on any atom is 0.328 e. The molecular weight excluding hydrogens is 364 g/mol. The average Bonchev–Trinajstić information content (AvgIpc) is 2.97. The topological polar surface area (TPSA) is 77.4 Å². The lowest BCUT2D eigenvalue weighted by molar-refractivity contribution is -0.145. The molecule has 27 heavy (non-hydrogen) atoms. The first-order chi connectivity index (χ1) is 12.8. The summed E-state index contributed by atoms with van der Waals surface area (Å²) in [6, 6.07) is 12.8. The Balaban J connectivity index is 2.06. The molecule has 0 fully saturated rings. The molecule has 142 valence electrons. The van der Waals surface area contributed by atoms with Gasteiger partial charge in [0.2, 0.25) is 10.0 Å². The minimum atomic E-state index is -3.91. The van der Waals surface area contributed by atoms with Crippen molar-refractivity contribution >= 4 is 26.9 Å². The van der Waals surface area contributed by atoms with E-state index < -0.39 is 22.0 Å². The fourth-order valence-corrected chi connectivity index (χ4v) is 4.17. The molecule has 0 saturated heterocycles. The number of ether oxygens (including phenoxy) is 1. The molecule has 6 nitrogen and oxygen atoms in total. The van der Waals surface area contributed by atoms with Crippen LogP contribution in [-0.2, 0) is 26.6 Å². The summed E-state index contributed by atoms with van der Waals surface area (Å²) in [5.74, 6) is -0.635. The van der Waals surface area contributed by atoms with E-state index in [1.54, 1.807) is 25.3 Å². The van der Waals surface area contributed by atoms with Crippen molar-refractivity contribution in [2.45, 2.75) is 24.8 Å². The second kappa shape index (κ2) is 7.54. The molecule has 1 aromatic heterocycles. The number of carbonyl (C=O) groups is 1. The first-order valence-electron chi connectivity index (χ1n) is 8.63. The molecule has 3 rings (SSSR count). The number of benzene rings is 2. The van der Waals surface area contributed by atoms with Gasteiger partial charge in [0.05, 0.1) is 11.5 Å². The fraction of sp³-hybridized carbons (Fsp3) is 0.250. The monoisotopic (exact) mass is 386 g/mol. The van der Waals surface area contributed by atoms with Crippen LogP contribution in [0.25, 0.3) is 10.9 Å². The van der Waals surface area contributed by atoms with Crippen LogP contribution in [0.1, 0.15) is 24.1 Å². The van der Waals surface area contributed by atoms with Crippen molar-refractivity contribution in [1.29, 1.82) is 0 Å². The van der Waals surface area contributed by atoms with E-state index in [0.29, 0.717) is 5.56 Å². The second-order valence-electron chi connectivity index (χ2n) is 6.33. The Bertz CT molecular complexity index is 1070. The minimum Gasteiger partial charge on any atom is -0.465 e. The van der Waals surface area contributed by atoms with Gasteiger partial charge in [-0.25, -0.2) is 13.2 Å². The summed E-state index contributed by atoms with van der Waals surface area (Å²) in [6.07, 6.45) is 1.75. The number of nitrogens with one attached hydrogen (secondary N) is 1. The molecule has 1 unspecified atom stereocenters. The Morgan fingerprint density at radius 2 is 1.81 bits per heavy atom. The molecule has 0 aliphatic rings. The third kappa shape index (κ3) is 3.89. The number of hydrogen-bond acceptors (Lipinski definition) is 4. The lowest BCUT2D eigenvalue weighted by atomic mass is 10.1. The van der Waals surface area contributed by atoms with Crippen molar-refractivity contribution in [2.24, 2.45) is 7.05 Å². The molecule has 2 aromatic carbocycles. The summed E-state index contributed by atoms with van der Waals surface area (Å²) in [7, 11) is -2.06. The zero-order valence-corrected chi connectivity index (χ0v) is 16.3. The van der Waals surface area contributed by atoms with Crippen molar-refractivity contribution in [3.63, 3.8) is 0 Å². The molecule has 1 atom stereocenters. The van der Waals surface area contributed by atoms with E-state index in [4.69, 9.17) is 4.74 Å². The number of sulfonamides is 1. The number of hydrogen-bond donors (Lipinski definition) is 1. The Morgan fingerprint density at radius 3 is 2.48 bits per heavy atom. The van der Waals surface area contributed by atoms with Crippen LogP contribution in [0, 0.1) is 6.92 Å². The molecule has 0 amide bonds. The van der Waals surface area contributed by atoms with Crippen LogP contribution < -0.4 is 4.72 Å². The average molecular weight is 386 g/mol. The SMILES string of the molecule is CCOC(=O)C(NS(=O)(=O)c1ccc(C)cc1)c1cn(C)c2ccccc12. The van der Waals surface area contributed by atoms with E-state index in [-0.39, 0.29) is 11.5 Å². The largest absolute Gasteiger partial charge is 0.465 e. The molecular formula is C20H22N2O4S. The Kier molecular flexibility index (Phi) is 5.34. The van der Waals surface area contributed by atoms with Crippen molar-refractivity contribution in [2.75, 3.05) is 6.61 Å². The van der Waals surface area contributed by atoms with E-state index in [2.05, 4.69) is 4.72 Å². The number of esters is 1. The highest BCUT2D eigenvalue weighted by atomic mass is 32.2. The van der Waals surface area contributed by atoms with E-state index in [9.17, 15) is 13.2 Å². The number of aromatic nitrogens is 1. The van der Waals surface area contributed by atoms with Crippen LogP contribution in [0.2, 0.25) is 0 Å². The Labute approximate surface area is 158 Å². The molecule has 1 heterocycles. The minimum absolute atomic E-state index is 0.0997. The van der Waals surface area contributed by atoms with Gasteiger partial charge in [-0.05, 0) is 32.0 Å². The third-order valence-electron chi connectivity index (χ3n) is 4.37. The van der Waals surface area contributed by atoms with Crippen LogP contribution >= 0.6 is 0 Å². The van der Waals surface area contributed by atoms with Crippen LogP contribution in [0.15, 0.2) is 59.6 Å². The van der Waals surface area contributed by atoms with E-state index in [0.717, 1.165) is 16.5 Å². The van der Waals surface area contributed by atoms with Crippen molar-refractivity contribution in [3.05, 3.63) is 65.9 Å². The van der Waals surface area contributed by atoms with Crippen molar-refractivity contribution in [1.82, 2.24) is 9.29 Å². The van der Waals surface area contributed by atoms with Crippen LogP contribution in [0.5, 0.6) is 0 Å². The Morgan fingerprint density at radius 1 is 1.15 bits per heavy atom. The lowest BCUT2D eigenvalue weighted by Gasteiger charge is -2.17. The van der Waals surface area contributed by atoms with Gasteiger partial charge in [0, 0.05) is 29.7 Å². The first-order valence-corrected chi connectivity index (χ1v) is 10.1. The van der Waals surface area contributed by atoms with Gasteiger partial charge in [-0.3, -0.25) is 0 Å². The predicted molar refractivity (Wildman–Crippen MR) is 104 cm³/mol. The molecule has 0 spiro atoms. The molecule has 0 bridgehead atoms. The van der Waals surface area contributed by atoms with Gasteiger partial charge in [0.1, 0.15) is 6.04 Å². The van der Waals surface area contributed by atoms with Crippen LogP contribution in [0.3, 0.4) is 0 Å². The van der Waals surface area contributed by atoms with Gasteiger partial charge in [0.15, 0.2) is 0 Å². The van der Waals surface area contributed by atoms with Gasteiger partial charge in [0.25, 0.3) is 0 Å². The number of carbonyl (C=O) groups excluding carboxylic acids is 1. The molecule has 0 saturated carbocycles. The fourth-order valence-electron chi connectivity index (χ4n) is 3.01. The highest BCUT2D eigenvalue weighted by Crippen LogP contribution is 2.28. The maximum atomic E-state index is 12.9. The highest BCUT2D eigenvalue weighted by Gasteiger charge is 2.30. The predicted octanol–water partition coefficient (Wildman–Crippen LogP) is 3.07. The number of rotatable bonds is 6. The van der Waals surface area contributed by atoms with Crippen molar-refractivity contribution in [3.8, 4) is 0 Å². The number of nitrogens with zero attached hydrogens (tertiary/aromatic N) is 1. The first kappa shape index (κ1) is 19.1. The number of aryl methyl sites for hydroxylation is 2. The maximum absolute atomic E-state index is 12.9. The van der Waals surface area contributed by atoms with Gasteiger partial charge in [-0.15, -0.1) is 0 Å². The van der Waals surface area contributed by atoms with Gasteiger partial charge >= 0.3 is 5.97 Å². The van der Waals surface area contributed by atoms with E-state index >= 15 is 0 Å². The molecule has 1 N–H and O–H groups in total. The van der Waals surface area contributed by atoms with Crippen molar-refractivity contribution < 1.29 is 17.9 Å². The van der Waals surface area contributed by atoms with Gasteiger partial charge in [-0.2, -0.15) is 4.72 Å². The second-order valence-corrected chi connectivity index (χ2v) is 8.05. The van der Waals surface area contributed by atoms with Gasteiger partial charge in [-0.1, -0.05) is 35.9 Å². The summed E-state index contributed by atoms with van der Waals surface area (Å²) < 4.78 is 35.2. The summed E-state index contributed by atoms with van der Waals surface area (Å²) in [4.78, 5) is 12.7. The highest BCUT2D eigenvalue weighted by molar-refractivity contribution is 7.89. The molecule has 0 aliphatic heterocycles. The summed E-state index contributed by atoms with van der Waals surface area (Å²) in [5.41, 5.74) is 2.41. The lowest BCUT2D eigenvalue weighted by Crippen LogP contribution is -2.35. The zero-order chi connectivity index (χ0) is 19.6. The van der Waals surface area contributed by atoms with Crippen LogP contribution in [-0.4, -0.2) is 25.6 Å². The summed E-state index contributed by atoms with van der Waals surface area (Å²) in [6.45, 7) is 3.72. The molecule has 0 aliphatic carbocycles. The number of para-hydroxylation sites is 1. The van der Waals surface area contributed by atoms with E-state index in [1.165, 1.54) is 12.1 Å². The molecule has 0 radical (unpaired) electrons. The molecule has 3 aromatic rings. The standard InChI is InChI=1S/C20H22N2O4S/c1-4-26-20(23)19(17-13-22(3)18-8-6-5-7-16(17)18)21-27(24,25)15-11-9-14(2)10-12-15/h5-13,19,21H,4H2,1-3H3. The third-order valence-corrected chi connectivity index (χ3v) is 5.80. The van der Waals surface area contributed by atoms with E-state index in [1.807, 2.05) is 42.8 Å². The summed E-state index contributed by atoms with van der Waals surface area (Å²) in [5, 5.41) is 0.796. The zero-order valence-electron chi connectivity index (χ0n) is 15.5.